The van der Waals surface area contributed by atoms with E-state index >= 15 is 0 Å². The molecule has 3 N–H and O–H groups in total. The van der Waals surface area contributed by atoms with Crippen LogP contribution in [0, 0.1) is 22.7 Å². The van der Waals surface area contributed by atoms with E-state index in [-0.39, 0.29) is 26.2 Å². The van der Waals surface area contributed by atoms with Gasteiger partial charge < -0.3 is 24.8 Å². The predicted molar refractivity (Wildman–Crippen MR) is 216 cm³/mol. The van der Waals surface area contributed by atoms with Crippen LogP contribution in [0.4, 0.5) is 5.82 Å². The van der Waals surface area contributed by atoms with Crippen molar-refractivity contribution in [1.29, 1.82) is 10.5 Å². The van der Waals surface area contributed by atoms with E-state index < -0.39 is 32.2 Å². The molecule has 0 bridgehead atoms. The summed E-state index contributed by atoms with van der Waals surface area (Å²) in [5, 5.41) is 23.8. The van der Waals surface area contributed by atoms with Crippen LogP contribution in [0.15, 0.2) is 36.7 Å². The molecule has 1 fully saturated rings. The average molecular weight is 815 g/mol. The summed E-state index contributed by atoms with van der Waals surface area (Å²) >= 11 is 6.21. The number of phosphoric acid groups is 1. The van der Waals surface area contributed by atoms with E-state index in [0.29, 0.717) is 46.2 Å². The number of fused-ring (bicyclic) bond motifs is 1. The first-order valence-corrected chi connectivity index (χ1v) is 22.2. The van der Waals surface area contributed by atoms with Crippen molar-refractivity contribution >= 4 is 30.8 Å². The normalized spacial score (nSPS) is 18.5. The average Bonchev–Trinajstić information content (AvgIpc) is 3.83. The number of rotatable bonds is 29. The Bertz CT molecular complexity index is 1750. The van der Waals surface area contributed by atoms with Gasteiger partial charge >= 0.3 is 7.82 Å². The molecule has 3 aromatic rings. The first-order chi connectivity index (χ1) is 27.2. The maximum Gasteiger partial charge on any atom is 0.472 e. The number of nitrogen functional groups attached to an aromatic ring is 1. The zero-order valence-corrected chi connectivity index (χ0v) is 34.6. The van der Waals surface area contributed by atoms with Crippen LogP contribution in [-0.4, -0.2) is 57.6 Å². The van der Waals surface area contributed by atoms with Gasteiger partial charge in [0.1, 0.15) is 42.8 Å². The third-order valence-corrected chi connectivity index (χ3v) is 11.4. The lowest BCUT2D eigenvalue weighted by molar-refractivity contribution is -0.0589. The van der Waals surface area contributed by atoms with Gasteiger partial charge in [-0.1, -0.05) is 121 Å². The number of hydrogen-bond donors (Lipinski definition) is 2. The van der Waals surface area contributed by atoms with Gasteiger partial charge in [0.25, 0.3) is 0 Å². The second-order valence-electron chi connectivity index (χ2n) is 14.7. The summed E-state index contributed by atoms with van der Waals surface area (Å²) in [5.41, 5.74) is 6.84. The summed E-state index contributed by atoms with van der Waals surface area (Å²) in [5.74, 6) is 0.311. The Morgan fingerprint density at radius 1 is 0.982 bits per heavy atom. The smallest absolute Gasteiger partial charge is 0.382 e. The van der Waals surface area contributed by atoms with E-state index in [1.165, 1.54) is 89.8 Å². The van der Waals surface area contributed by atoms with Gasteiger partial charge in [0.05, 0.1) is 36.1 Å². The van der Waals surface area contributed by atoms with Crippen molar-refractivity contribution in [2.24, 2.45) is 0 Å². The summed E-state index contributed by atoms with van der Waals surface area (Å²) < 4.78 is 43.4. The SMILES string of the molecule is CCCCCCCCCCCCCCCCCCOC[C@H](COP(=O)(O)OC[C@]1(C#N)CC[C@H](c2ccc3c(N)ncnn23)O1)OCc1ccc(C#N)c(Cl)c1. The third kappa shape index (κ3) is 15.3. The standard InChI is InChI=1S/C41H60ClN6O7P/c1-2-3-4-5-6-7-8-9-10-11-12-13-14-15-16-17-24-51-28-35(52-27-33-18-19-34(26-43)36(42)25-33)29-53-56(49,50)54-31-41(30-44)23-22-39(55-41)37-20-21-38-40(45)46-32-47-48(37)38/h18-21,25,32,35,39H,2-17,22-24,27-29,31H2,1H3,(H,49,50)(H2,45,46,47)/t35-,39-,41-/m1/s1. The van der Waals surface area contributed by atoms with E-state index in [2.05, 4.69) is 23.1 Å². The summed E-state index contributed by atoms with van der Waals surface area (Å²) in [7, 11) is -4.64. The van der Waals surface area contributed by atoms with Gasteiger partial charge in [-0.3, -0.25) is 9.05 Å². The lowest BCUT2D eigenvalue weighted by atomic mass is 10.0. The van der Waals surface area contributed by atoms with Crippen LogP contribution in [0.3, 0.4) is 0 Å². The number of unbranched alkanes of at least 4 members (excludes halogenated alkanes) is 15. The lowest BCUT2D eigenvalue weighted by Crippen LogP contribution is -2.32. The van der Waals surface area contributed by atoms with Crippen LogP contribution >= 0.6 is 19.4 Å². The Labute approximate surface area is 337 Å². The second kappa shape index (κ2) is 24.6. The molecule has 0 amide bonds. The van der Waals surface area contributed by atoms with Crippen LogP contribution in [0.25, 0.3) is 5.52 Å². The Hall–Kier alpha value is -3.10. The van der Waals surface area contributed by atoms with E-state index in [1.807, 2.05) is 6.07 Å². The van der Waals surface area contributed by atoms with E-state index in [4.69, 9.17) is 40.6 Å². The van der Waals surface area contributed by atoms with Crippen LogP contribution in [0.2, 0.25) is 5.02 Å². The largest absolute Gasteiger partial charge is 0.472 e. The van der Waals surface area contributed by atoms with Crippen LogP contribution in [0.1, 0.15) is 145 Å². The second-order valence-corrected chi connectivity index (χ2v) is 16.6. The first-order valence-electron chi connectivity index (χ1n) is 20.4. The first kappa shape index (κ1) is 45.6. The Morgan fingerprint density at radius 2 is 1.64 bits per heavy atom. The fourth-order valence-electron chi connectivity index (χ4n) is 6.87. The van der Waals surface area contributed by atoms with Crippen molar-refractivity contribution in [2.75, 3.05) is 32.2 Å². The summed E-state index contributed by atoms with van der Waals surface area (Å²) in [6.07, 6.45) is 21.4. The highest BCUT2D eigenvalue weighted by atomic mass is 35.5. The molecule has 0 saturated carbocycles. The highest BCUT2D eigenvalue weighted by molar-refractivity contribution is 7.47. The van der Waals surface area contributed by atoms with Crippen molar-refractivity contribution in [1.82, 2.24) is 14.6 Å². The molecule has 0 aliphatic carbocycles. The van der Waals surface area contributed by atoms with Crippen molar-refractivity contribution in [2.45, 2.75) is 147 Å². The van der Waals surface area contributed by atoms with Crippen molar-refractivity contribution in [3.63, 3.8) is 0 Å². The Morgan fingerprint density at radius 3 is 2.27 bits per heavy atom. The number of benzene rings is 1. The van der Waals surface area contributed by atoms with Crippen LogP contribution in [-0.2, 0) is 34.4 Å². The zero-order chi connectivity index (χ0) is 40.1. The van der Waals surface area contributed by atoms with Gasteiger partial charge in [0, 0.05) is 6.61 Å². The topological polar surface area (TPSA) is 187 Å². The van der Waals surface area contributed by atoms with E-state index in [1.54, 1.807) is 34.8 Å². The molecule has 1 aliphatic rings. The van der Waals surface area contributed by atoms with Crippen LogP contribution in [0.5, 0.6) is 0 Å². The molecular weight excluding hydrogens is 755 g/mol. The van der Waals surface area contributed by atoms with E-state index in [0.717, 1.165) is 19.3 Å². The molecule has 0 radical (unpaired) electrons. The predicted octanol–water partition coefficient (Wildman–Crippen LogP) is 9.95. The molecule has 13 nitrogen and oxygen atoms in total. The molecule has 1 aromatic carbocycles. The van der Waals surface area contributed by atoms with Crippen LogP contribution < -0.4 is 5.73 Å². The third-order valence-electron chi connectivity index (χ3n) is 10.2. The zero-order valence-electron chi connectivity index (χ0n) is 32.9. The number of halogens is 1. The highest BCUT2D eigenvalue weighted by Crippen LogP contribution is 2.47. The molecule has 2 aromatic heterocycles. The minimum Gasteiger partial charge on any atom is -0.382 e. The number of nitrogens with zero attached hydrogens (tertiary/aromatic N) is 5. The maximum absolute atomic E-state index is 13.1. The minimum atomic E-state index is -4.64. The molecule has 1 aliphatic heterocycles. The van der Waals surface area contributed by atoms with Gasteiger partial charge in [-0.15, -0.1) is 0 Å². The molecule has 15 heteroatoms. The molecule has 0 spiro atoms. The maximum atomic E-state index is 13.1. The van der Waals surface area contributed by atoms with Gasteiger partial charge in [-0.05, 0) is 49.1 Å². The molecule has 4 rings (SSSR count). The molecular formula is C41H60ClN6O7P. The number of aromatic nitrogens is 3. The number of nitrogens with two attached hydrogens (primary N) is 1. The molecule has 1 saturated heterocycles. The minimum absolute atomic E-state index is 0.107. The monoisotopic (exact) mass is 814 g/mol. The summed E-state index contributed by atoms with van der Waals surface area (Å²) in [6, 6.07) is 12.7. The molecule has 1 unspecified atom stereocenters. The number of nitriles is 2. The summed E-state index contributed by atoms with van der Waals surface area (Å²) in [6.45, 7) is 2.22. The Balaban J connectivity index is 1.16. The van der Waals surface area contributed by atoms with Gasteiger partial charge in [-0.25, -0.2) is 14.1 Å². The number of anilines is 1. The quantitative estimate of drug-likeness (QED) is 0.0499. The van der Waals surface area contributed by atoms with Gasteiger partial charge in [0.2, 0.25) is 0 Å². The fourth-order valence-corrected chi connectivity index (χ4v) is 7.91. The summed E-state index contributed by atoms with van der Waals surface area (Å²) in [4.78, 5) is 14.6. The van der Waals surface area contributed by atoms with Crippen molar-refractivity contribution in [3.8, 4) is 12.1 Å². The van der Waals surface area contributed by atoms with Crippen molar-refractivity contribution < 1.29 is 32.7 Å². The van der Waals surface area contributed by atoms with Gasteiger partial charge in [-0.2, -0.15) is 15.6 Å². The molecule has 56 heavy (non-hydrogen) atoms. The number of phosphoric ester groups is 1. The van der Waals surface area contributed by atoms with Crippen molar-refractivity contribution in [3.05, 3.63) is 58.5 Å². The Kier molecular flexibility index (Phi) is 20.0. The van der Waals surface area contributed by atoms with Gasteiger partial charge in [0.15, 0.2) is 11.4 Å². The highest BCUT2D eigenvalue weighted by Gasteiger charge is 2.44. The lowest BCUT2D eigenvalue weighted by Gasteiger charge is -2.24. The number of ether oxygens (including phenoxy) is 3. The van der Waals surface area contributed by atoms with E-state index in [9.17, 15) is 20.0 Å². The fraction of sp³-hybridized carbons (Fsp3) is 0.659. The molecule has 4 atom stereocenters. The molecule has 3 heterocycles. The molecule has 308 valence electrons. The number of hydrogen-bond acceptors (Lipinski definition) is 11.